The van der Waals surface area contributed by atoms with Gasteiger partial charge in [-0.05, 0) is 7.05 Å². The van der Waals surface area contributed by atoms with Gasteiger partial charge < -0.3 is 14.6 Å². The van der Waals surface area contributed by atoms with E-state index in [9.17, 15) is 0 Å². The molecule has 2 heterocycles. The molecule has 7 heteroatoms. The Hall–Kier alpha value is -2.02. The van der Waals surface area contributed by atoms with Crippen molar-refractivity contribution in [3.63, 3.8) is 0 Å². The average Bonchev–Trinajstić information content (AvgIpc) is 2.85. The fraction of sp³-hybridized carbons (Fsp3) is 0.400. The number of hydrogen-bond acceptors (Lipinski definition) is 7. The number of nitrogens with zero attached hydrogens (tertiary/aromatic N) is 4. The van der Waals surface area contributed by atoms with Crippen LogP contribution < -0.4 is 10.1 Å². The molecule has 0 spiro atoms. The van der Waals surface area contributed by atoms with Gasteiger partial charge in [-0.25, -0.2) is 9.97 Å². The first kappa shape index (κ1) is 11.5. The van der Waals surface area contributed by atoms with Crippen molar-refractivity contribution in [1.82, 2.24) is 25.4 Å². The summed E-state index contributed by atoms with van der Waals surface area (Å²) in [5.74, 6) is 1.49. The van der Waals surface area contributed by atoms with E-state index in [1.807, 2.05) is 7.05 Å². The summed E-state index contributed by atoms with van der Waals surface area (Å²) in [6, 6.07) is 1.66. The molecular weight excluding hydrogens is 222 g/mol. The maximum atomic E-state index is 5.09. The summed E-state index contributed by atoms with van der Waals surface area (Å²) >= 11 is 0. The summed E-state index contributed by atoms with van der Waals surface area (Å²) < 4.78 is 10.1. The second kappa shape index (κ2) is 5.35. The number of nitrogens with one attached hydrogen (secondary N) is 1. The van der Waals surface area contributed by atoms with Gasteiger partial charge in [0, 0.05) is 19.0 Å². The van der Waals surface area contributed by atoms with Gasteiger partial charge >= 0.3 is 0 Å². The Morgan fingerprint density at radius 2 is 2.29 bits per heavy atom. The van der Waals surface area contributed by atoms with Gasteiger partial charge in [0.05, 0.1) is 7.11 Å². The minimum Gasteiger partial charge on any atom is -0.481 e. The third kappa shape index (κ3) is 2.76. The normalized spacial score (nSPS) is 10.5. The minimum atomic E-state index is 0.441. The zero-order valence-corrected chi connectivity index (χ0v) is 9.67. The van der Waals surface area contributed by atoms with E-state index in [1.165, 1.54) is 6.33 Å². The van der Waals surface area contributed by atoms with Crippen molar-refractivity contribution in [2.45, 2.75) is 6.42 Å². The van der Waals surface area contributed by atoms with Gasteiger partial charge in [-0.1, -0.05) is 5.16 Å². The molecule has 90 valence electrons. The van der Waals surface area contributed by atoms with Crippen LogP contribution in [0.1, 0.15) is 5.89 Å². The van der Waals surface area contributed by atoms with Crippen LogP contribution in [-0.4, -0.2) is 40.8 Å². The van der Waals surface area contributed by atoms with Gasteiger partial charge in [0.1, 0.15) is 12.0 Å². The van der Waals surface area contributed by atoms with Gasteiger partial charge in [0.15, 0.2) is 0 Å². The molecule has 7 nitrogen and oxygen atoms in total. The zero-order valence-electron chi connectivity index (χ0n) is 9.67. The van der Waals surface area contributed by atoms with Crippen molar-refractivity contribution in [2.75, 3.05) is 20.7 Å². The molecule has 0 aliphatic rings. The summed E-state index contributed by atoms with van der Waals surface area (Å²) in [5.41, 5.74) is 0.580. The fourth-order valence-corrected chi connectivity index (χ4v) is 1.27. The SMILES string of the molecule is CNCCc1nc(-c2cc(OC)ncn2)no1. The van der Waals surface area contributed by atoms with Gasteiger partial charge in [-0.3, -0.25) is 0 Å². The monoisotopic (exact) mass is 235 g/mol. The smallest absolute Gasteiger partial charge is 0.228 e. The molecule has 0 atom stereocenters. The number of ether oxygens (including phenoxy) is 1. The second-order valence-electron chi connectivity index (χ2n) is 3.31. The maximum Gasteiger partial charge on any atom is 0.228 e. The molecule has 0 amide bonds. The molecule has 2 aromatic rings. The maximum absolute atomic E-state index is 5.09. The van der Waals surface area contributed by atoms with E-state index < -0.39 is 0 Å². The van der Waals surface area contributed by atoms with Crippen LogP contribution in [0.3, 0.4) is 0 Å². The van der Waals surface area contributed by atoms with E-state index in [4.69, 9.17) is 9.26 Å². The molecule has 0 aliphatic heterocycles. The molecule has 0 aliphatic carbocycles. The minimum absolute atomic E-state index is 0.441. The van der Waals surface area contributed by atoms with Crippen LogP contribution in [0.5, 0.6) is 5.88 Å². The average molecular weight is 235 g/mol. The van der Waals surface area contributed by atoms with E-state index in [-0.39, 0.29) is 0 Å². The van der Waals surface area contributed by atoms with E-state index in [0.29, 0.717) is 29.7 Å². The van der Waals surface area contributed by atoms with Crippen LogP contribution >= 0.6 is 0 Å². The molecule has 1 N–H and O–H groups in total. The van der Waals surface area contributed by atoms with Crippen molar-refractivity contribution in [2.24, 2.45) is 0 Å². The fourth-order valence-electron chi connectivity index (χ4n) is 1.27. The second-order valence-corrected chi connectivity index (χ2v) is 3.31. The van der Waals surface area contributed by atoms with Crippen molar-refractivity contribution in [3.8, 4) is 17.4 Å². The van der Waals surface area contributed by atoms with Crippen LogP contribution in [0.25, 0.3) is 11.5 Å². The lowest BCUT2D eigenvalue weighted by molar-refractivity contribution is 0.377. The van der Waals surface area contributed by atoms with Crippen LogP contribution in [0.4, 0.5) is 0 Å². The highest BCUT2D eigenvalue weighted by Crippen LogP contribution is 2.16. The first-order valence-corrected chi connectivity index (χ1v) is 5.17. The molecule has 0 saturated heterocycles. The number of methoxy groups -OCH3 is 1. The van der Waals surface area contributed by atoms with Crippen molar-refractivity contribution in [1.29, 1.82) is 0 Å². The molecule has 0 saturated carbocycles. The predicted octanol–water partition coefficient (Wildman–Crippen LogP) is 0.297. The predicted molar refractivity (Wildman–Crippen MR) is 59.5 cm³/mol. The number of likely N-dealkylation sites (N-methyl/N-ethyl adjacent to an activating group) is 1. The van der Waals surface area contributed by atoms with Gasteiger partial charge in [0.25, 0.3) is 0 Å². The van der Waals surface area contributed by atoms with Crippen molar-refractivity contribution in [3.05, 3.63) is 18.3 Å². The van der Waals surface area contributed by atoms with E-state index >= 15 is 0 Å². The molecule has 0 bridgehead atoms. The van der Waals surface area contributed by atoms with Gasteiger partial charge in [-0.15, -0.1) is 0 Å². The van der Waals surface area contributed by atoms with Crippen LogP contribution in [-0.2, 0) is 6.42 Å². The molecule has 0 aromatic carbocycles. The van der Waals surface area contributed by atoms with Crippen LogP contribution in [0, 0.1) is 0 Å². The summed E-state index contributed by atoms with van der Waals surface area (Å²) in [6.07, 6.45) is 2.09. The van der Waals surface area contributed by atoms with E-state index in [0.717, 1.165) is 6.54 Å². The van der Waals surface area contributed by atoms with E-state index in [1.54, 1.807) is 13.2 Å². The summed E-state index contributed by atoms with van der Waals surface area (Å²) in [6.45, 7) is 0.786. The lowest BCUT2D eigenvalue weighted by atomic mass is 10.4. The Kier molecular flexibility index (Phi) is 3.61. The Morgan fingerprint density at radius 1 is 1.41 bits per heavy atom. The Labute approximate surface area is 98.2 Å². The molecule has 17 heavy (non-hydrogen) atoms. The van der Waals surface area contributed by atoms with E-state index in [2.05, 4.69) is 25.4 Å². The Balaban J connectivity index is 2.18. The third-order valence-electron chi connectivity index (χ3n) is 2.14. The highest BCUT2D eigenvalue weighted by atomic mass is 16.5. The highest BCUT2D eigenvalue weighted by Gasteiger charge is 2.10. The standard InChI is InChI=1S/C10H13N5O2/c1-11-4-3-8-14-10(15-17-8)7-5-9(16-2)13-6-12-7/h5-6,11H,3-4H2,1-2H3. The lowest BCUT2D eigenvalue weighted by Crippen LogP contribution is -2.10. The summed E-state index contributed by atoms with van der Waals surface area (Å²) in [5, 5.41) is 6.87. The lowest BCUT2D eigenvalue weighted by Gasteiger charge is -1.97. The summed E-state index contributed by atoms with van der Waals surface area (Å²) in [4.78, 5) is 12.2. The quantitative estimate of drug-likeness (QED) is 0.797. The van der Waals surface area contributed by atoms with Crippen molar-refractivity contribution >= 4 is 0 Å². The third-order valence-corrected chi connectivity index (χ3v) is 2.14. The molecule has 2 rings (SSSR count). The van der Waals surface area contributed by atoms with Gasteiger partial charge in [0.2, 0.25) is 17.6 Å². The highest BCUT2D eigenvalue weighted by molar-refractivity contribution is 5.49. The molecule has 0 unspecified atom stereocenters. The summed E-state index contributed by atoms with van der Waals surface area (Å²) in [7, 11) is 3.41. The number of aromatic nitrogens is 4. The molecular formula is C10H13N5O2. The number of hydrogen-bond donors (Lipinski definition) is 1. The Bertz CT molecular complexity index is 485. The topological polar surface area (TPSA) is 86.0 Å². The number of rotatable bonds is 5. The Morgan fingerprint density at radius 3 is 3.06 bits per heavy atom. The first-order valence-electron chi connectivity index (χ1n) is 5.17. The largest absolute Gasteiger partial charge is 0.481 e. The molecule has 0 fully saturated rings. The van der Waals surface area contributed by atoms with Gasteiger partial charge in [-0.2, -0.15) is 4.98 Å². The van der Waals surface area contributed by atoms with Crippen LogP contribution in [0.2, 0.25) is 0 Å². The zero-order chi connectivity index (χ0) is 12.1. The molecule has 0 radical (unpaired) electrons. The molecule has 2 aromatic heterocycles. The first-order chi connectivity index (χ1) is 8.33. The van der Waals surface area contributed by atoms with Crippen LogP contribution in [0.15, 0.2) is 16.9 Å². The van der Waals surface area contributed by atoms with Crippen molar-refractivity contribution < 1.29 is 9.26 Å².